The van der Waals surface area contributed by atoms with Crippen molar-refractivity contribution in [1.29, 1.82) is 5.41 Å². The Morgan fingerprint density at radius 3 is 2.20 bits per heavy atom. The third kappa shape index (κ3) is 2.97. The molecule has 2 nitrogen and oxygen atoms in total. The van der Waals surface area contributed by atoms with Gasteiger partial charge in [0.2, 0.25) is 0 Å². The first-order chi connectivity index (χ1) is 4.54. The minimum absolute atomic E-state index is 0.103. The Bertz CT molecular complexity index is 110. The molecule has 0 saturated heterocycles. The Kier molecular flexibility index (Phi) is 3.58. The summed E-state index contributed by atoms with van der Waals surface area (Å²) in [5, 5.41) is 10.3. The molecule has 0 aromatic rings. The van der Waals surface area contributed by atoms with E-state index in [0.717, 1.165) is 6.42 Å². The molecule has 1 atom stereocenters. The minimum Gasteiger partial charge on any atom is -0.311 e. The van der Waals surface area contributed by atoms with Crippen molar-refractivity contribution in [3.05, 3.63) is 0 Å². The molecule has 0 radical (unpaired) electrons. The van der Waals surface area contributed by atoms with Crippen LogP contribution in [-0.2, 0) is 0 Å². The zero-order valence-electron chi connectivity index (χ0n) is 7.36. The van der Waals surface area contributed by atoms with E-state index in [1.54, 1.807) is 0 Å². The largest absolute Gasteiger partial charge is 0.311 e. The van der Waals surface area contributed by atoms with E-state index in [-0.39, 0.29) is 5.54 Å². The van der Waals surface area contributed by atoms with E-state index in [2.05, 4.69) is 19.2 Å². The maximum Gasteiger partial charge on any atom is 0.0502 e. The van der Waals surface area contributed by atoms with E-state index in [0.29, 0.717) is 5.92 Å². The number of hydrogen-bond acceptors (Lipinski definition) is 2. The van der Waals surface area contributed by atoms with Gasteiger partial charge in [-0.1, -0.05) is 13.8 Å². The van der Waals surface area contributed by atoms with E-state index < -0.39 is 0 Å². The highest BCUT2D eigenvalue weighted by Crippen LogP contribution is 2.12. The fraction of sp³-hybridized carbons (Fsp3) is 0.875. The van der Waals surface area contributed by atoms with Gasteiger partial charge in [0.25, 0.3) is 0 Å². The highest BCUT2D eigenvalue weighted by molar-refractivity contribution is 5.66. The van der Waals surface area contributed by atoms with Gasteiger partial charge in [0.15, 0.2) is 0 Å². The molecular formula is C8H18N2. The predicted molar refractivity (Wildman–Crippen MR) is 45.7 cm³/mol. The lowest BCUT2D eigenvalue weighted by molar-refractivity contribution is 0.409. The summed E-state index contributed by atoms with van der Waals surface area (Å²) in [4.78, 5) is 0. The number of hydrogen-bond donors (Lipinski definition) is 2. The van der Waals surface area contributed by atoms with E-state index in [1.165, 1.54) is 6.21 Å². The van der Waals surface area contributed by atoms with E-state index in [4.69, 9.17) is 5.41 Å². The van der Waals surface area contributed by atoms with Crippen molar-refractivity contribution in [3.63, 3.8) is 0 Å². The van der Waals surface area contributed by atoms with Crippen LogP contribution in [0.3, 0.4) is 0 Å². The van der Waals surface area contributed by atoms with Crippen LogP contribution in [0.1, 0.15) is 27.2 Å². The Hall–Kier alpha value is -0.370. The first kappa shape index (κ1) is 9.63. The van der Waals surface area contributed by atoms with Gasteiger partial charge < -0.3 is 10.7 Å². The molecule has 0 amide bonds. The summed E-state index contributed by atoms with van der Waals surface area (Å²) in [6.07, 6.45) is 2.50. The maximum absolute atomic E-state index is 7.16. The van der Waals surface area contributed by atoms with Gasteiger partial charge in [0.05, 0.1) is 5.54 Å². The topological polar surface area (TPSA) is 35.9 Å². The highest BCUT2D eigenvalue weighted by atomic mass is 14.9. The van der Waals surface area contributed by atoms with E-state index >= 15 is 0 Å². The van der Waals surface area contributed by atoms with Crippen LogP contribution in [-0.4, -0.2) is 18.8 Å². The van der Waals surface area contributed by atoms with Crippen LogP contribution >= 0.6 is 0 Å². The molecule has 0 aliphatic rings. The molecule has 0 saturated carbocycles. The summed E-state index contributed by atoms with van der Waals surface area (Å²) >= 11 is 0. The van der Waals surface area contributed by atoms with Gasteiger partial charge in [0, 0.05) is 6.21 Å². The van der Waals surface area contributed by atoms with Gasteiger partial charge in [0.1, 0.15) is 0 Å². The summed E-state index contributed by atoms with van der Waals surface area (Å²) in [5.74, 6) is 0.638. The Morgan fingerprint density at radius 2 is 2.10 bits per heavy atom. The van der Waals surface area contributed by atoms with Crippen molar-refractivity contribution in [2.45, 2.75) is 32.7 Å². The van der Waals surface area contributed by atoms with Crippen LogP contribution in [0.15, 0.2) is 0 Å². The standard InChI is InChI=1S/C8H18N2/c1-7(2)5-8(3,6-9)10-4/h6-7,9-10H,5H2,1-4H3. The van der Waals surface area contributed by atoms with E-state index in [9.17, 15) is 0 Å². The molecule has 1 unspecified atom stereocenters. The Morgan fingerprint density at radius 1 is 1.60 bits per heavy atom. The lowest BCUT2D eigenvalue weighted by atomic mass is 9.92. The Balaban J connectivity index is 3.92. The predicted octanol–water partition coefficient (Wildman–Crippen LogP) is 1.66. The van der Waals surface area contributed by atoms with Crippen LogP contribution in [0.25, 0.3) is 0 Å². The van der Waals surface area contributed by atoms with Gasteiger partial charge in [-0.3, -0.25) is 0 Å². The highest BCUT2D eigenvalue weighted by Gasteiger charge is 2.19. The molecule has 0 aromatic heterocycles. The Labute approximate surface area is 63.5 Å². The molecule has 0 bridgehead atoms. The summed E-state index contributed by atoms with van der Waals surface area (Å²) < 4.78 is 0. The monoisotopic (exact) mass is 142 g/mol. The molecule has 2 N–H and O–H groups in total. The van der Waals surface area contributed by atoms with Gasteiger partial charge in [-0.25, -0.2) is 0 Å². The summed E-state index contributed by atoms with van der Waals surface area (Å²) in [6, 6.07) is 0. The molecule has 0 rings (SSSR count). The SMILES string of the molecule is CNC(C)(C=N)CC(C)C. The van der Waals surface area contributed by atoms with Crippen molar-refractivity contribution in [1.82, 2.24) is 5.32 Å². The number of rotatable bonds is 4. The van der Waals surface area contributed by atoms with Crippen molar-refractivity contribution in [2.75, 3.05) is 7.05 Å². The normalized spacial score (nSPS) is 16.9. The maximum atomic E-state index is 7.16. The van der Waals surface area contributed by atoms with Crippen molar-refractivity contribution in [2.24, 2.45) is 5.92 Å². The van der Waals surface area contributed by atoms with Crippen LogP contribution in [0, 0.1) is 11.3 Å². The lowest BCUT2D eigenvalue weighted by Gasteiger charge is -2.25. The average molecular weight is 142 g/mol. The van der Waals surface area contributed by atoms with Gasteiger partial charge in [-0.05, 0) is 26.3 Å². The molecule has 0 fully saturated rings. The lowest BCUT2D eigenvalue weighted by Crippen LogP contribution is -2.42. The molecule has 0 aliphatic carbocycles. The second-order valence-electron chi connectivity index (χ2n) is 3.41. The van der Waals surface area contributed by atoms with Gasteiger partial charge >= 0.3 is 0 Å². The van der Waals surface area contributed by atoms with Crippen LogP contribution < -0.4 is 5.32 Å². The summed E-state index contributed by atoms with van der Waals surface area (Å²) in [5.41, 5.74) is -0.103. The van der Waals surface area contributed by atoms with Crippen LogP contribution in [0.5, 0.6) is 0 Å². The molecule has 60 valence electrons. The minimum atomic E-state index is -0.103. The third-order valence-electron chi connectivity index (χ3n) is 1.72. The zero-order valence-corrected chi connectivity index (χ0v) is 7.36. The molecule has 2 heteroatoms. The molecule has 0 heterocycles. The molecule has 0 spiro atoms. The third-order valence-corrected chi connectivity index (χ3v) is 1.72. The molecule has 0 aromatic carbocycles. The van der Waals surface area contributed by atoms with Crippen molar-refractivity contribution >= 4 is 6.21 Å². The summed E-state index contributed by atoms with van der Waals surface area (Å²) in [7, 11) is 1.90. The number of nitrogens with one attached hydrogen (secondary N) is 2. The van der Waals surface area contributed by atoms with Crippen molar-refractivity contribution in [3.8, 4) is 0 Å². The second kappa shape index (κ2) is 3.71. The van der Waals surface area contributed by atoms with Crippen LogP contribution in [0.2, 0.25) is 0 Å². The zero-order chi connectivity index (χ0) is 8.20. The molecule has 0 aliphatic heterocycles. The van der Waals surface area contributed by atoms with Crippen LogP contribution in [0.4, 0.5) is 0 Å². The van der Waals surface area contributed by atoms with Gasteiger partial charge in [-0.15, -0.1) is 0 Å². The first-order valence-electron chi connectivity index (χ1n) is 3.74. The van der Waals surface area contributed by atoms with Crippen molar-refractivity contribution < 1.29 is 0 Å². The molecular weight excluding hydrogens is 124 g/mol. The van der Waals surface area contributed by atoms with Gasteiger partial charge in [-0.2, -0.15) is 0 Å². The first-order valence-corrected chi connectivity index (χ1v) is 3.74. The second-order valence-corrected chi connectivity index (χ2v) is 3.41. The van der Waals surface area contributed by atoms with E-state index in [1.807, 2.05) is 14.0 Å². The average Bonchev–Trinajstić information content (AvgIpc) is 1.87. The fourth-order valence-corrected chi connectivity index (χ4v) is 1.08. The fourth-order valence-electron chi connectivity index (χ4n) is 1.08. The quantitative estimate of drug-likeness (QED) is 0.575. The molecule has 10 heavy (non-hydrogen) atoms. The smallest absolute Gasteiger partial charge is 0.0502 e. The summed E-state index contributed by atoms with van der Waals surface area (Å²) in [6.45, 7) is 6.37.